The van der Waals surface area contributed by atoms with Gasteiger partial charge in [0.15, 0.2) is 0 Å². The second-order valence-electron chi connectivity index (χ2n) is 10.7. The van der Waals surface area contributed by atoms with E-state index in [2.05, 4.69) is 87.4 Å². The van der Waals surface area contributed by atoms with E-state index < -0.39 is 6.36 Å². The normalized spacial score (nSPS) is 28.0. The average Bonchev–Trinajstić information content (AvgIpc) is 3.05. The zero-order valence-corrected chi connectivity index (χ0v) is 23.4. The first kappa shape index (κ1) is 27.1. The van der Waals surface area contributed by atoms with Crippen LogP contribution in [-0.4, -0.2) is 53.2 Å². The summed E-state index contributed by atoms with van der Waals surface area (Å²) < 4.78 is 43.1. The number of hydrogen-bond donors (Lipinski definition) is 1. The van der Waals surface area contributed by atoms with Gasteiger partial charge in [0.1, 0.15) is 5.75 Å². The molecule has 3 aromatic rings. The van der Waals surface area contributed by atoms with E-state index in [1.165, 1.54) is 41.2 Å². The first-order valence-corrected chi connectivity index (χ1v) is 15.9. The Hall–Kier alpha value is -2.13. The molecule has 0 spiro atoms. The number of piperidine rings is 1. The summed E-state index contributed by atoms with van der Waals surface area (Å²) in [5.41, 5.74) is 3.45. The number of rotatable bonds is 8. The second-order valence-corrected chi connectivity index (χ2v) is 12.7. The fourth-order valence-corrected chi connectivity index (χ4v) is 9.08. The highest BCUT2D eigenvalue weighted by molar-refractivity contribution is 7.99. The lowest BCUT2D eigenvalue weighted by molar-refractivity contribution is -0.274. The van der Waals surface area contributed by atoms with Gasteiger partial charge in [0.05, 0.1) is 0 Å². The molecule has 39 heavy (non-hydrogen) atoms. The van der Waals surface area contributed by atoms with E-state index in [0.29, 0.717) is 24.5 Å². The maximum atomic E-state index is 12.9. The number of halogens is 3. The van der Waals surface area contributed by atoms with E-state index in [4.69, 9.17) is 0 Å². The molecule has 3 saturated heterocycles. The molecule has 0 amide bonds. The molecule has 4 bridgehead atoms. The second kappa shape index (κ2) is 11.4. The summed E-state index contributed by atoms with van der Waals surface area (Å²) in [7, 11) is 0. The fraction of sp³-hybridized carbons (Fsp3) is 0.419. The van der Waals surface area contributed by atoms with E-state index in [9.17, 15) is 13.2 Å². The van der Waals surface area contributed by atoms with Crippen molar-refractivity contribution in [3.63, 3.8) is 0 Å². The van der Waals surface area contributed by atoms with Crippen molar-refractivity contribution < 1.29 is 17.9 Å². The van der Waals surface area contributed by atoms with Gasteiger partial charge in [-0.15, -0.1) is 24.9 Å². The van der Waals surface area contributed by atoms with Crippen LogP contribution in [0.3, 0.4) is 0 Å². The summed E-state index contributed by atoms with van der Waals surface area (Å²) in [6.45, 7) is 0.493. The SMILES string of the molecule is CSc1ccc(OC(F)(F)F)cc1CNC1CC2CC3CSCC2N3C1C(c1ccccc1)c1ccccc1. The summed E-state index contributed by atoms with van der Waals surface area (Å²) in [6.07, 6.45) is -0.445. The minimum absolute atomic E-state index is 0.167. The maximum Gasteiger partial charge on any atom is 0.573 e. The first-order valence-electron chi connectivity index (χ1n) is 13.5. The topological polar surface area (TPSA) is 24.5 Å². The summed E-state index contributed by atoms with van der Waals surface area (Å²) in [5.74, 6) is 3.01. The maximum absolute atomic E-state index is 12.9. The van der Waals surface area contributed by atoms with Gasteiger partial charge in [-0.2, -0.15) is 11.8 Å². The molecule has 8 heteroatoms. The molecule has 3 aromatic carbocycles. The third-order valence-corrected chi connectivity index (χ3v) is 10.6. The molecule has 206 valence electrons. The van der Waals surface area contributed by atoms with Crippen molar-refractivity contribution in [2.75, 3.05) is 17.8 Å². The van der Waals surface area contributed by atoms with E-state index in [1.807, 2.05) is 6.26 Å². The molecule has 6 atom stereocenters. The number of nitrogens with zero attached hydrogens (tertiary/aromatic N) is 1. The molecular formula is C31H33F3N2OS2. The van der Waals surface area contributed by atoms with Crippen molar-refractivity contribution >= 4 is 23.5 Å². The van der Waals surface area contributed by atoms with Gasteiger partial charge in [0.2, 0.25) is 0 Å². The van der Waals surface area contributed by atoms with Crippen LogP contribution in [0.25, 0.3) is 0 Å². The monoisotopic (exact) mass is 570 g/mol. The fourth-order valence-electron chi connectivity index (χ4n) is 7.08. The standard InChI is InChI=1S/C31H33F3N2OS2/c1-38-28-13-12-25(37-31(32,33)34)15-23(28)17-35-26-16-22-14-24-18-39-19-27(22)36(24)30(26)29(20-8-4-2-5-9-20)21-10-6-3-7-11-21/h2-13,15,22,24,26-27,29-30,35H,14,16-19H2,1H3. The van der Waals surface area contributed by atoms with E-state index >= 15 is 0 Å². The van der Waals surface area contributed by atoms with Gasteiger partial charge < -0.3 is 10.1 Å². The Morgan fingerprint density at radius 3 is 2.31 bits per heavy atom. The number of ether oxygens (including phenoxy) is 1. The Morgan fingerprint density at radius 1 is 0.974 bits per heavy atom. The van der Waals surface area contributed by atoms with Crippen molar-refractivity contribution in [1.82, 2.24) is 10.2 Å². The molecule has 6 unspecified atom stereocenters. The van der Waals surface area contributed by atoms with Crippen LogP contribution in [0.1, 0.15) is 35.4 Å². The van der Waals surface area contributed by atoms with Crippen LogP contribution in [0, 0.1) is 5.92 Å². The zero-order valence-electron chi connectivity index (χ0n) is 21.8. The number of alkyl halides is 3. The van der Waals surface area contributed by atoms with Gasteiger partial charge in [-0.05, 0) is 59.9 Å². The van der Waals surface area contributed by atoms with E-state index in [0.717, 1.165) is 16.9 Å². The minimum atomic E-state index is -4.71. The van der Waals surface area contributed by atoms with Crippen LogP contribution in [0.4, 0.5) is 13.2 Å². The summed E-state index contributed by atoms with van der Waals surface area (Å²) >= 11 is 3.63. The largest absolute Gasteiger partial charge is 0.573 e. The lowest BCUT2D eigenvalue weighted by Crippen LogP contribution is -2.63. The third-order valence-electron chi connectivity index (χ3n) is 8.53. The van der Waals surface area contributed by atoms with Crippen LogP contribution in [0.15, 0.2) is 83.8 Å². The Bertz CT molecular complexity index is 1220. The van der Waals surface area contributed by atoms with Crippen molar-refractivity contribution in [2.45, 2.75) is 60.7 Å². The van der Waals surface area contributed by atoms with Crippen molar-refractivity contribution in [3.8, 4) is 5.75 Å². The summed E-state index contributed by atoms with van der Waals surface area (Å²) in [6, 6.07) is 27.9. The van der Waals surface area contributed by atoms with Gasteiger partial charge >= 0.3 is 6.36 Å². The number of benzene rings is 3. The van der Waals surface area contributed by atoms with Crippen LogP contribution in [0.2, 0.25) is 0 Å². The van der Waals surface area contributed by atoms with Crippen LogP contribution in [0.5, 0.6) is 5.75 Å². The lowest BCUT2D eigenvalue weighted by atomic mass is 9.75. The molecule has 0 radical (unpaired) electrons. The molecule has 3 aliphatic heterocycles. The molecule has 3 fully saturated rings. The number of hydrogen-bond acceptors (Lipinski definition) is 5. The highest BCUT2D eigenvalue weighted by Gasteiger charge is 2.55. The van der Waals surface area contributed by atoms with Crippen molar-refractivity contribution in [2.24, 2.45) is 5.92 Å². The minimum Gasteiger partial charge on any atom is -0.406 e. The molecule has 3 heterocycles. The predicted molar refractivity (Wildman–Crippen MR) is 154 cm³/mol. The third kappa shape index (κ3) is 5.71. The molecular weight excluding hydrogens is 537 g/mol. The highest BCUT2D eigenvalue weighted by Crippen LogP contribution is 2.50. The Labute approximate surface area is 236 Å². The average molecular weight is 571 g/mol. The summed E-state index contributed by atoms with van der Waals surface area (Å²) in [5, 5.41) is 3.86. The molecule has 0 aromatic heterocycles. The molecule has 3 aliphatic rings. The molecule has 0 saturated carbocycles. The molecule has 6 rings (SSSR count). The Balaban J connectivity index is 1.35. The van der Waals surface area contributed by atoms with E-state index in [-0.39, 0.29) is 23.8 Å². The smallest absolute Gasteiger partial charge is 0.406 e. The lowest BCUT2D eigenvalue weighted by Gasteiger charge is -2.51. The Kier molecular flexibility index (Phi) is 7.91. The Morgan fingerprint density at radius 2 is 1.67 bits per heavy atom. The van der Waals surface area contributed by atoms with Gasteiger partial charge in [-0.1, -0.05) is 60.7 Å². The van der Waals surface area contributed by atoms with Crippen LogP contribution < -0.4 is 10.1 Å². The highest BCUT2D eigenvalue weighted by atomic mass is 32.2. The summed E-state index contributed by atoms with van der Waals surface area (Å²) in [4.78, 5) is 3.79. The van der Waals surface area contributed by atoms with Gasteiger partial charge in [-0.3, -0.25) is 4.90 Å². The molecule has 3 nitrogen and oxygen atoms in total. The van der Waals surface area contributed by atoms with Gasteiger partial charge in [0.25, 0.3) is 0 Å². The van der Waals surface area contributed by atoms with Gasteiger partial charge in [0, 0.05) is 53.0 Å². The van der Waals surface area contributed by atoms with Crippen molar-refractivity contribution in [1.29, 1.82) is 0 Å². The van der Waals surface area contributed by atoms with E-state index in [1.54, 1.807) is 17.8 Å². The number of nitrogens with one attached hydrogen (secondary N) is 1. The van der Waals surface area contributed by atoms with Crippen LogP contribution in [-0.2, 0) is 6.54 Å². The molecule has 1 N–H and O–H groups in total. The zero-order chi connectivity index (χ0) is 27.0. The van der Waals surface area contributed by atoms with Crippen LogP contribution >= 0.6 is 23.5 Å². The van der Waals surface area contributed by atoms with Crippen molar-refractivity contribution in [3.05, 3.63) is 95.6 Å². The molecule has 0 aliphatic carbocycles. The quantitative estimate of drug-likeness (QED) is 0.290. The number of thioether (sulfide) groups is 2. The predicted octanol–water partition coefficient (Wildman–Crippen LogP) is 7.18. The first-order chi connectivity index (χ1) is 18.9. The van der Waals surface area contributed by atoms with Gasteiger partial charge in [-0.25, -0.2) is 0 Å².